The first kappa shape index (κ1) is 15.0. The molecule has 3 nitrogen and oxygen atoms in total. The molecule has 1 aromatic rings. The van der Waals surface area contributed by atoms with Gasteiger partial charge in [0.2, 0.25) is 0 Å². The second kappa shape index (κ2) is 7.44. The van der Waals surface area contributed by atoms with Gasteiger partial charge in [-0.25, -0.2) is 0 Å². The number of hydrogen-bond donors (Lipinski definition) is 2. The Hall–Kier alpha value is -1.35. The van der Waals surface area contributed by atoms with Crippen LogP contribution in [0.2, 0.25) is 0 Å². The van der Waals surface area contributed by atoms with Crippen LogP contribution < -0.4 is 0 Å². The van der Waals surface area contributed by atoms with Gasteiger partial charge < -0.3 is 10.2 Å². The maximum atomic E-state index is 10.4. The van der Waals surface area contributed by atoms with Gasteiger partial charge in [-0.15, -0.1) is 0 Å². The van der Waals surface area contributed by atoms with E-state index in [0.717, 1.165) is 38.5 Å². The first-order valence-corrected chi connectivity index (χ1v) is 7.64. The molecule has 0 amide bonds. The average molecular weight is 276 g/mol. The number of carboxylic acid groups (broad SMARTS) is 1. The fourth-order valence-corrected chi connectivity index (χ4v) is 3.03. The van der Waals surface area contributed by atoms with Gasteiger partial charge in [0, 0.05) is 6.42 Å². The Morgan fingerprint density at radius 3 is 2.55 bits per heavy atom. The van der Waals surface area contributed by atoms with Crippen molar-refractivity contribution in [1.29, 1.82) is 0 Å². The third-order valence-electron chi connectivity index (χ3n) is 4.20. The van der Waals surface area contributed by atoms with Crippen LogP contribution in [0.4, 0.5) is 0 Å². The van der Waals surface area contributed by atoms with E-state index < -0.39 is 5.97 Å². The summed E-state index contributed by atoms with van der Waals surface area (Å²) in [5.41, 5.74) is 2.61. The fourth-order valence-electron chi connectivity index (χ4n) is 3.03. The van der Waals surface area contributed by atoms with E-state index in [-0.39, 0.29) is 12.5 Å². The van der Waals surface area contributed by atoms with Crippen molar-refractivity contribution in [1.82, 2.24) is 0 Å². The third-order valence-corrected chi connectivity index (χ3v) is 4.20. The number of aliphatic hydroxyl groups excluding tert-OH is 1. The van der Waals surface area contributed by atoms with Gasteiger partial charge in [-0.3, -0.25) is 4.79 Å². The highest BCUT2D eigenvalue weighted by molar-refractivity contribution is 5.66. The SMILES string of the molecule is O=C(O)CCCCc1ccc(C2CCCC(O)C2)cc1. The summed E-state index contributed by atoms with van der Waals surface area (Å²) in [6.07, 6.45) is 6.86. The minimum Gasteiger partial charge on any atom is -0.481 e. The molecule has 110 valence electrons. The molecule has 2 atom stereocenters. The lowest BCUT2D eigenvalue weighted by atomic mass is 9.82. The molecule has 2 rings (SSSR count). The Morgan fingerprint density at radius 1 is 1.15 bits per heavy atom. The van der Waals surface area contributed by atoms with Gasteiger partial charge in [0.15, 0.2) is 0 Å². The minimum atomic E-state index is -0.712. The van der Waals surface area contributed by atoms with Gasteiger partial charge in [0.05, 0.1) is 6.10 Å². The molecule has 20 heavy (non-hydrogen) atoms. The Bertz CT molecular complexity index is 424. The predicted molar refractivity (Wildman–Crippen MR) is 78.8 cm³/mol. The van der Waals surface area contributed by atoms with Gasteiger partial charge >= 0.3 is 5.97 Å². The zero-order valence-corrected chi connectivity index (χ0v) is 11.9. The molecule has 2 unspecified atom stereocenters. The molecule has 0 aliphatic heterocycles. The van der Waals surface area contributed by atoms with Gasteiger partial charge in [0.25, 0.3) is 0 Å². The number of carboxylic acids is 1. The fraction of sp³-hybridized carbons (Fsp3) is 0.588. The van der Waals surface area contributed by atoms with Crippen molar-refractivity contribution < 1.29 is 15.0 Å². The Labute approximate surface area is 120 Å². The number of benzene rings is 1. The van der Waals surface area contributed by atoms with Crippen LogP contribution in [-0.2, 0) is 11.2 Å². The summed E-state index contributed by atoms with van der Waals surface area (Å²) in [4.78, 5) is 10.4. The molecule has 1 fully saturated rings. The molecule has 0 spiro atoms. The van der Waals surface area contributed by atoms with Crippen molar-refractivity contribution in [2.24, 2.45) is 0 Å². The first-order valence-electron chi connectivity index (χ1n) is 7.64. The predicted octanol–water partition coefficient (Wildman–Crippen LogP) is 3.50. The average Bonchev–Trinajstić information content (AvgIpc) is 2.44. The van der Waals surface area contributed by atoms with Crippen molar-refractivity contribution in [3.63, 3.8) is 0 Å². The van der Waals surface area contributed by atoms with E-state index in [2.05, 4.69) is 24.3 Å². The molecular weight excluding hydrogens is 252 g/mol. The number of aryl methyl sites for hydroxylation is 1. The minimum absolute atomic E-state index is 0.135. The second-order valence-corrected chi connectivity index (χ2v) is 5.86. The molecule has 0 aromatic heterocycles. The van der Waals surface area contributed by atoms with Crippen LogP contribution in [-0.4, -0.2) is 22.3 Å². The van der Waals surface area contributed by atoms with E-state index in [0.29, 0.717) is 5.92 Å². The highest BCUT2D eigenvalue weighted by Crippen LogP contribution is 2.32. The number of carbonyl (C=O) groups is 1. The van der Waals surface area contributed by atoms with Gasteiger partial charge in [-0.1, -0.05) is 30.7 Å². The van der Waals surface area contributed by atoms with Crippen molar-refractivity contribution in [2.75, 3.05) is 0 Å². The molecule has 0 saturated heterocycles. The molecule has 2 N–H and O–H groups in total. The Morgan fingerprint density at radius 2 is 1.90 bits per heavy atom. The van der Waals surface area contributed by atoms with Gasteiger partial charge in [0.1, 0.15) is 0 Å². The number of aliphatic carboxylic acids is 1. The number of rotatable bonds is 6. The van der Waals surface area contributed by atoms with Crippen LogP contribution in [0.3, 0.4) is 0 Å². The highest BCUT2D eigenvalue weighted by Gasteiger charge is 2.21. The molecule has 0 heterocycles. The van der Waals surface area contributed by atoms with E-state index in [9.17, 15) is 9.90 Å². The number of unbranched alkanes of at least 4 members (excludes halogenated alkanes) is 1. The second-order valence-electron chi connectivity index (χ2n) is 5.86. The quantitative estimate of drug-likeness (QED) is 0.782. The van der Waals surface area contributed by atoms with Crippen molar-refractivity contribution in [3.8, 4) is 0 Å². The highest BCUT2D eigenvalue weighted by atomic mass is 16.4. The van der Waals surface area contributed by atoms with Crippen LogP contribution in [0.25, 0.3) is 0 Å². The molecular formula is C17H24O3. The van der Waals surface area contributed by atoms with Crippen molar-refractivity contribution in [3.05, 3.63) is 35.4 Å². The zero-order chi connectivity index (χ0) is 14.4. The summed E-state index contributed by atoms with van der Waals surface area (Å²) in [5.74, 6) is -0.212. The third kappa shape index (κ3) is 4.64. The summed E-state index contributed by atoms with van der Waals surface area (Å²) < 4.78 is 0. The van der Waals surface area contributed by atoms with Gasteiger partial charge in [-0.2, -0.15) is 0 Å². The van der Waals surface area contributed by atoms with Crippen LogP contribution in [0.5, 0.6) is 0 Å². The monoisotopic (exact) mass is 276 g/mol. The van der Waals surface area contributed by atoms with Crippen LogP contribution in [0.1, 0.15) is 62.0 Å². The maximum absolute atomic E-state index is 10.4. The van der Waals surface area contributed by atoms with E-state index >= 15 is 0 Å². The lowest BCUT2D eigenvalue weighted by Crippen LogP contribution is -2.18. The van der Waals surface area contributed by atoms with E-state index in [1.165, 1.54) is 17.5 Å². The first-order chi connectivity index (χ1) is 9.65. The number of aliphatic hydroxyl groups is 1. The normalized spacial score (nSPS) is 22.6. The van der Waals surface area contributed by atoms with E-state index in [1.807, 2.05) is 0 Å². The smallest absolute Gasteiger partial charge is 0.303 e. The molecule has 0 radical (unpaired) electrons. The molecule has 1 saturated carbocycles. The van der Waals surface area contributed by atoms with Crippen LogP contribution >= 0.6 is 0 Å². The van der Waals surface area contributed by atoms with Crippen molar-refractivity contribution >= 4 is 5.97 Å². The van der Waals surface area contributed by atoms with Crippen LogP contribution in [0, 0.1) is 0 Å². The molecule has 1 aliphatic rings. The molecule has 0 bridgehead atoms. The topological polar surface area (TPSA) is 57.5 Å². The summed E-state index contributed by atoms with van der Waals surface area (Å²) in [7, 11) is 0. The lowest BCUT2D eigenvalue weighted by molar-refractivity contribution is -0.137. The van der Waals surface area contributed by atoms with E-state index in [4.69, 9.17) is 5.11 Å². The molecule has 1 aromatic carbocycles. The summed E-state index contributed by atoms with van der Waals surface area (Å²) in [6.45, 7) is 0. The standard InChI is InChI=1S/C17H24O3/c18-16-6-3-5-15(12-16)14-10-8-13(9-11-14)4-1-2-7-17(19)20/h8-11,15-16,18H,1-7,12H2,(H,19,20). The van der Waals surface area contributed by atoms with E-state index in [1.54, 1.807) is 0 Å². The van der Waals surface area contributed by atoms with Crippen molar-refractivity contribution in [2.45, 2.75) is 63.4 Å². The lowest BCUT2D eigenvalue weighted by Gasteiger charge is -2.26. The summed E-state index contributed by atoms with van der Waals surface area (Å²) in [5, 5.41) is 18.3. The largest absolute Gasteiger partial charge is 0.481 e. The Balaban J connectivity index is 1.81. The summed E-state index contributed by atoms with van der Waals surface area (Å²) >= 11 is 0. The van der Waals surface area contributed by atoms with Gasteiger partial charge in [-0.05, 0) is 55.6 Å². The zero-order valence-electron chi connectivity index (χ0n) is 11.9. The maximum Gasteiger partial charge on any atom is 0.303 e. The summed E-state index contributed by atoms with van der Waals surface area (Å²) in [6, 6.07) is 8.65. The molecule has 3 heteroatoms. The Kier molecular flexibility index (Phi) is 5.60. The van der Waals surface area contributed by atoms with Crippen LogP contribution in [0.15, 0.2) is 24.3 Å². The number of hydrogen-bond acceptors (Lipinski definition) is 2. The molecule has 1 aliphatic carbocycles.